The summed E-state index contributed by atoms with van der Waals surface area (Å²) in [6.45, 7) is 0. The molecule has 2 aromatic rings. The van der Waals surface area contributed by atoms with Crippen LogP contribution in [0.15, 0.2) is 36.4 Å². The molecule has 190 valence electrons. The fraction of sp³-hybridized carbons (Fsp3) is 0.269. The van der Waals surface area contributed by atoms with Crippen LogP contribution in [0, 0.1) is 35.3 Å². The highest BCUT2D eigenvalue weighted by molar-refractivity contribution is 6.32. The minimum atomic E-state index is -3.09. The number of carbonyl (C=O) groups is 5. The van der Waals surface area contributed by atoms with E-state index in [4.69, 9.17) is 5.73 Å². The maximum atomic E-state index is 14.6. The summed E-state index contributed by atoms with van der Waals surface area (Å²) in [6.07, 6.45) is -1.48. The van der Waals surface area contributed by atoms with Gasteiger partial charge in [0, 0.05) is 29.9 Å². The number of fused-ring (bicyclic) bond motifs is 3. The summed E-state index contributed by atoms with van der Waals surface area (Å²) in [6, 6.07) is 6.56. The smallest absolute Gasteiger partial charge is 0.235 e. The molecule has 2 aromatic carbocycles. The standard InChI is InChI=1S/C26H19F2NO8/c27-10-5-4-9(14(28)7-10)6-12-11-2-1-3-15(30)17(11)22(33)20-18(12)21(32)13-8-16(31)19(25(29)36)23(34)26(13,37)24(20)35/h1-7,13,18-21,30,32,37H,8H2,(H2,29,36). The zero-order valence-electron chi connectivity index (χ0n) is 18.9. The third kappa shape index (κ3) is 3.31. The molecule has 0 radical (unpaired) electrons. The summed E-state index contributed by atoms with van der Waals surface area (Å²) in [4.78, 5) is 64.6. The van der Waals surface area contributed by atoms with E-state index in [2.05, 4.69) is 0 Å². The fourth-order valence-electron chi connectivity index (χ4n) is 5.82. The summed E-state index contributed by atoms with van der Waals surface area (Å²) in [5.41, 5.74) is 1.54. The van der Waals surface area contributed by atoms with Gasteiger partial charge in [0.05, 0.1) is 17.6 Å². The summed E-state index contributed by atoms with van der Waals surface area (Å²) in [5, 5.41) is 33.1. The number of aliphatic hydroxyl groups excluding tert-OH is 1. The van der Waals surface area contributed by atoms with E-state index in [0.29, 0.717) is 6.07 Å². The Hall–Kier alpha value is -4.09. The van der Waals surface area contributed by atoms with Crippen molar-refractivity contribution in [3.63, 3.8) is 0 Å². The molecule has 5 N–H and O–H groups in total. The molecule has 11 heteroatoms. The molecule has 6 unspecified atom stereocenters. The quantitative estimate of drug-likeness (QED) is 0.424. The van der Waals surface area contributed by atoms with E-state index in [1.165, 1.54) is 12.1 Å². The lowest BCUT2D eigenvalue weighted by Gasteiger charge is -2.51. The van der Waals surface area contributed by atoms with E-state index in [0.717, 1.165) is 24.3 Å². The minimum absolute atomic E-state index is 0.0131. The highest BCUT2D eigenvalue weighted by Crippen LogP contribution is 2.54. The maximum Gasteiger partial charge on any atom is 0.235 e. The number of amides is 1. The lowest BCUT2D eigenvalue weighted by molar-refractivity contribution is -0.185. The van der Waals surface area contributed by atoms with E-state index < -0.39 is 88.2 Å². The van der Waals surface area contributed by atoms with Gasteiger partial charge in [0.2, 0.25) is 5.91 Å². The molecule has 0 saturated heterocycles. The second-order valence-corrected chi connectivity index (χ2v) is 9.43. The molecule has 37 heavy (non-hydrogen) atoms. The Morgan fingerprint density at radius 3 is 2.43 bits per heavy atom. The number of carbonyl (C=O) groups excluding carboxylic acids is 5. The van der Waals surface area contributed by atoms with Crippen molar-refractivity contribution in [3.8, 4) is 5.75 Å². The maximum absolute atomic E-state index is 14.6. The van der Waals surface area contributed by atoms with Crippen LogP contribution >= 0.6 is 0 Å². The number of rotatable bonds is 2. The number of halogens is 2. The molecule has 6 atom stereocenters. The van der Waals surface area contributed by atoms with Gasteiger partial charge in [-0.1, -0.05) is 12.1 Å². The van der Waals surface area contributed by atoms with Gasteiger partial charge in [0.25, 0.3) is 0 Å². The van der Waals surface area contributed by atoms with Crippen molar-refractivity contribution >= 4 is 40.7 Å². The van der Waals surface area contributed by atoms with Gasteiger partial charge in [-0.3, -0.25) is 24.0 Å². The predicted octanol–water partition coefficient (Wildman–Crippen LogP) is 0.574. The van der Waals surface area contributed by atoms with E-state index in [-0.39, 0.29) is 22.3 Å². The number of Topliss-reactive ketones (excluding diaryl/α,β-unsaturated/α-hetero) is 4. The van der Waals surface area contributed by atoms with E-state index in [1.807, 2.05) is 0 Å². The first-order valence-electron chi connectivity index (χ1n) is 11.2. The minimum Gasteiger partial charge on any atom is -0.507 e. The van der Waals surface area contributed by atoms with E-state index in [1.54, 1.807) is 0 Å². The van der Waals surface area contributed by atoms with Crippen molar-refractivity contribution in [1.29, 1.82) is 0 Å². The molecule has 0 aromatic heterocycles. The zero-order chi connectivity index (χ0) is 27.0. The van der Waals surface area contributed by atoms with Crippen LogP contribution in [-0.4, -0.2) is 56.1 Å². The Labute approximate surface area is 207 Å². The summed E-state index contributed by atoms with van der Waals surface area (Å²) in [5.74, 6) is -16.0. The summed E-state index contributed by atoms with van der Waals surface area (Å²) < 4.78 is 28.1. The summed E-state index contributed by atoms with van der Waals surface area (Å²) in [7, 11) is 0. The topological polar surface area (TPSA) is 172 Å². The van der Waals surface area contributed by atoms with Crippen LogP contribution in [0.4, 0.5) is 8.78 Å². The molecule has 9 nitrogen and oxygen atoms in total. The second kappa shape index (κ2) is 8.22. The normalized spacial score (nSPS) is 32.1. The number of ketones is 4. The molecule has 0 spiro atoms. The van der Waals surface area contributed by atoms with Gasteiger partial charge in [-0.2, -0.15) is 0 Å². The van der Waals surface area contributed by atoms with Crippen molar-refractivity contribution in [1.82, 2.24) is 0 Å². The Bertz CT molecular complexity index is 1470. The van der Waals surface area contributed by atoms with Gasteiger partial charge in [-0.25, -0.2) is 8.78 Å². The number of phenolic OH excluding ortho intramolecular Hbond substituents is 1. The number of aliphatic hydroxyl groups is 2. The van der Waals surface area contributed by atoms with Crippen LogP contribution in [0.2, 0.25) is 0 Å². The van der Waals surface area contributed by atoms with Crippen LogP contribution < -0.4 is 5.73 Å². The average Bonchev–Trinajstić information content (AvgIpc) is 2.82. The van der Waals surface area contributed by atoms with Gasteiger partial charge < -0.3 is 21.1 Å². The van der Waals surface area contributed by atoms with Crippen molar-refractivity contribution in [3.05, 3.63) is 64.7 Å². The first kappa shape index (κ1) is 24.6. The molecule has 0 heterocycles. The van der Waals surface area contributed by atoms with Crippen LogP contribution in [0.1, 0.15) is 27.9 Å². The average molecular weight is 511 g/mol. The van der Waals surface area contributed by atoms with Crippen LogP contribution in [0.25, 0.3) is 11.6 Å². The first-order chi connectivity index (χ1) is 17.4. The number of hydrogen-bond acceptors (Lipinski definition) is 8. The number of primary amides is 1. The Balaban J connectivity index is 1.76. The predicted molar refractivity (Wildman–Crippen MR) is 120 cm³/mol. The molecule has 3 aliphatic rings. The third-order valence-electron chi connectivity index (χ3n) is 7.51. The Kier molecular flexibility index (Phi) is 5.46. The van der Waals surface area contributed by atoms with E-state index in [9.17, 15) is 48.1 Å². The molecule has 2 saturated carbocycles. The van der Waals surface area contributed by atoms with Crippen molar-refractivity contribution in [2.75, 3.05) is 0 Å². The van der Waals surface area contributed by atoms with Crippen LogP contribution in [0.5, 0.6) is 5.75 Å². The summed E-state index contributed by atoms with van der Waals surface area (Å²) >= 11 is 0. The van der Waals surface area contributed by atoms with Gasteiger partial charge in [-0.15, -0.1) is 0 Å². The zero-order valence-corrected chi connectivity index (χ0v) is 18.9. The van der Waals surface area contributed by atoms with Gasteiger partial charge in [0.15, 0.2) is 34.7 Å². The third-order valence-corrected chi connectivity index (χ3v) is 7.51. The lowest BCUT2D eigenvalue weighted by Crippen LogP contribution is -2.72. The van der Waals surface area contributed by atoms with Crippen molar-refractivity contribution < 1.29 is 48.1 Å². The van der Waals surface area contributed by atoms with Crippen molar-refractivity contribution in [2.45, 2.75) is 18.1 Å². The molecule has 1 amide bonds. The molecule has 5 rings (SSSR count). The first-order valence-corrected chi connectivity index (χ1v) is 11.2. The number of benzene rings is 2. The number of nitrogens with two attached hydrogens (primary N) is 1. The SMILES string of the molecule is NC(=O)C1C(=O)CC2C(O)C3C(=Cc4ccc(F)cc4F)c4cccc(O)c4C(=O)C3C(=O)C2(O)C1=O. The lowest BCUT2D eigenvalue weighted by atomic mass is 9.51. The van der Waals surface area contributed by atoms with Crippen molar-refractivity contribution in [2.24, 2.45) is 29.4 Å². The molecule has 3 aliphatic carbocycles. The highest BCUT2D eigenvalue weighted by atomic mass is 19.1. The number of aromatic hydroxyl groups is 1. The number of phenols is 1. The van der Waals surface area contributed by atoms with Crippen LogP contribution in [0.3, 0.4) is 0 Å². The fourth-order valence-corrected chi connectivity index (χ4v) is 5.82. The monoisotopic (exact) mass is 511 g/mol. The number of hydrogen-bond donors (Lipinski definition) is 4. The molecule has 0 bridgehead atoms. The Morgan fingerprint density at radius 2 is 1.78 bits per heavy atom. The molecule has 0 aliphatic heterocycles. The second-order valence-electron chi connectivity index (χ2n) is 9.43. The van der Waals surface area contributed by atoms with Crippen LogP contribution in [-0.2, 0) is 19.2 Å². The largest absolute Gasteiger partial charge is 0.507 e. The Morgan fingerprint density at radius 1 is 1.08 bits per heavy atom. The van der Waals surface area contributed by atoms with Gasteiger partial charge in [-0.05, 0) is 35.4 Å². The highest BCUT2D eigenvalue weighted by Gasteiger charge is 2.69. The molecule has 2 fully saturated rings. The van der Waals surface area contributed by atoms with E-state index >= 15 is 0 Å². The van der Waals surface area contributed by atoms with Gasteiger partial charge in [0.1, 0.15) is 17.4 Å². The molecular formula is C26H19F2NO8. The molecular weight excluding hydrogens is 492 g/mol. The van der Waals surface area contributed by atoms with Gasteiger partial charge >= 0.3 is 0 Å².